The van der Waals surface area contributed by atoms with Crippen molar-refractivity contribution >= 4 is 10.9 Å². The number of aryl methyl sites for hydroxylation is 2. The number of nitrogens with zero attached hydrogens (tertiary/aromatic N) is 5. The number of H-pyrrole nitrogens is 1. The van der Waals surface area contributed by atoms with Gasteiger partial charge >= 0.3 is 0 Å². The molecule has 1 aliphatic rings. The summed E-state index contributed by atoms with van der Waals surface area (Å²) in [5.74, 6) is 2.26. The van der Waals surface area contributed by atoms with Crippen LogP contribution in [0.15, 0.2) is 41.2 Å². The van der Waals surface area contributed by atoms with Gasteiger partial charge in [-0.3, -0.25) is 9.69 Å². The van der Waals surface area contributed by atoms with Crippen molar-refractivity contribution in [1.29, 1.82) is 0 Å². The van der Waals surface area contributed by atoms with Gasteiger partial charge in [0.15, 0.2) is 17.3 Å². The highest BCUT2D eigenvalue weighted by molar-refractivity contribution is 5.82. The summed E-state index contributed by atoms with van der Waals surface area (Å²) in [6.07, 6.45) is 0.769. The molecule has 2 aromatic heterocycles. The lowest BCUT2D eigenvalue weighted by molar-refractivity contribution is 0.153. The first kappa shape index (κ1) is 25.0. The molecule has 0 saturated carbocycles. The molecule has 194 valence electrons. The average Bonchev–Trinajstić information content (AvgIpc) is 3.50. The molecule has 1 N–H and O–H groups in total. The number of hydrogen-bond donors (Lipinski definition) is 1. The SMILES string of the molecule is CC[C@H](c1nnnn1C(C)(C)C)N(Cc1ccc2c(c1)OCO2)Cc1cc2cc(C)cc(C)c2[nH]c1=O. The summed E-state index contributed by atoms with van der Waals surface area (Å²) in [5.41, 5.74) is 4.49. The number of pyridine rings is 1. The van der Waals surface area contributed by atoms with E-state index in [2.05, 4.69) is 72.2 Å². The van der Waals surface area contributed by atoms with Crippen LogP contribution in [0.25, 0.3) is 10.9 Å². The molecule has 0 bridgehead atoms. The Hall–Kier alpha value is -3.72. The van der Waals surface area contributed by atoms with Gasteiger partial charge in [-0.05, 0) is 92.2 Å². The van der Waals surface area contributed by atoms with Crippen molar-refractivity contribution in [3.05, 3.63) is 74.8 Å². The standard InChI is InChI=1S/C28H34N6O3/c1-7-22(26-30-31-32-34(26)28(4,5)6)33(14-19-8-9-23-24(12-19)37-16-36-23)15-21-13-20-11-17(2)10-18(3)25(20)29-27(21)35/h8-13,22H,7,14-16H2,1-6H3,(H,29,35)/t22-/m1/s1. The molecule has 0 radical (unpaired) electrons. The van der Waals surface area contributed by atoms with Gasteiger partial charge in [-0.2, -0.15) is 0 Å². The maximum atomic E-state index is 13.3. The van der Waals surface area contributed by atoms with E-state index in [1.54, 1.807) is 0 Å². The van der Waals surface area contributed by atoms with Crippen molar-refractivity contribution in [1.82, 2.24) is 30.1 Å². The van der Waals surface area contributed by atoms with E-state index in [9.17, 15) is 4.79 Å². The molecule has 9 heteroatoms. The number of fused-ring (bicyclic) bond motifs is 2. The van der Waals surface area contributed by atoms with E-state index < -0.39 is 0 Å². The van der Waals surface area contributed by atoms with E-state index in [1.165, 1.54) is 0 Å². The van der Waals surface area contributed by atoms with Gasteiger partial charge in [0.05, 0.1) is 17.1 Å². The Bertz CT molecular complexity index is 1500. The molecule has 0 amide bonds. The van der Waals surface area contributed by atoms with Gasteiger partial charge in [-0.25, -0.2) is 4.68 Å². The van der Waals surface area contributed by atoms with Gasteiger partial charge in [0.2, 0.25) is 6.79 Å². The van der Waals surface area contributed by atoms with E-state index in [-0.39, 0.29) is 23.9 Å². The quantitative estimate of drug-likeness (QED) is 0.389. The number of aromatic amines is 1. The minimum atomic E-state index is -0.286. The molecule has 9 nitrogen and oxygen atoms in total. The van der Waals surface area contributed by atoms with Crippen LogP contribution in [0.1, 0.15) is 68.2 Å². The number of tetrazole rings is 1. The first-order chi connectivity index (χ1) is 17.6. The van der Waals surface area contributed by atoms with Gasteiger partial charge < -0.3 is 14.5 Å². The first-order valence-corrected chi connectivity index (χ1v) is 12.7. The lowest BCUT2D eigenvalue weighted by atomic mass is 10.0. The third kappa shape index (κ3) is 4.96. The van der Waals surface area contributed by atoms with Crippen molar-refractivity contribution in [3.8, 4) is 11.5 Å². The van der Waals surface area contributed by atoms with Crippen LogP contribution in [0.4, 0.5) is 0 Å². The molecule has 5 rings (SSSR count). The molecule has 0 unspecified atom stereocenters. The fourth-order valence-corrected chi connectivity index (χ4v) is 5.10. The lowest BCUT2D eigenvalue weighted by Crippen LogP contribution is -2.35. The number of nitrogens with one attached hydrogen (secondary N) is 1. The zero-order valence-corrected chi connectivity index (χ0v) is 22.3. The fourth-order valence-electron chi connectivity index (χ4n) is 5.10. The highest BCUT2D eigenvalue weighted by atomic mass is 16.7. The van der Waals surface area contributed by atoms with Crippen LogP contribution in [-0.4, -0.2) is 36.9 Å². The molecule has 0 fully saturated rings. The smallest absolute Gasteiger partial charge is 0.252 e. The molecular formula is C28H34N6O3. The monoisotopic (exact) mass is 502 g/mol. The number of hydrogen-bond acceptors (Lipinski definition) is 7. The Balaban J connectivity index is 1.57. The lowest BCUT2D eigenvalue weighted by Gasteiger charge is -2.32. The predicted octanol–water partition coefficient (Wildman–Crippen LogP) is 4.77. The Morgan fingerprint density at radius 3 is 2.62 bits per heavy atom. The zero-order chi connectivity index (χ0) is 26.3. The summed E-state index contributed by atoms with van der Waals surface area (Å²) in [4.78, 5) is 18.7. The molecule has 1 aliphatic heterocycles. The van der Waals surface area contributed by atoms with Crippen molar-refractivity contribution in [2.24, 2.45) is 0 Å². The van der Waals surface area contributed by atoms with E-state index in [4.69, 9.17) is 9.47 Å². The number of rotatable bonds is 7. The first-order valence-electron chi connectivity index (χ1n) is 12.7. The molecule has 1 atom stereocenters. The molecule has 3 heterocycles. The van der Waals surface area contributed by atoms with E-state index in [0.717, 1.165) is 51.3 Å². The van der Waals surface area contributed by atoms with Crippen LogP contribution in [0.3, 0.4) is 0 Å². The van der Waals surface area contributed by atoms with E-state index in [0.29, 0.717) is 18.7 Å². The van der Waals surface area contributed by atoms with Gasteiger partial charge in [-0.1, -0.05) is 24.6 Å². The molecule has 2 aromatic carbocycles. The van der Waals surface area contributed by atoms with Crippen LogP contribution < -0.4 is 15.0 Å². The zero-order valence-electron chi connectivity index (χ0n) is 22.3. The highest BCUT2D eigenvalue weighted by Crippen LogP contribution is 2.35. The van der Waals surface area contributed by atoms with E-state index >= 15 is 0 Å². The number of aromatic nitrogens is 5. The topological polar surface area (TPSA) is 98.2 Å². The summed E-state index contributed by atoms with van der Waals surface area (Å²) in [6.45, 7) is 13.7. The summed E-state index contributed by atoms with van der Waals surface area (Å²) >= 11 is 0. The van der Waals surface area contributed by atoms with Crippen LogP contribution in [0.5, 0.6) is 11.5 Å². The Labute approximate surface area is 216 Å². The molecule has 0 aliphatic carbocycles. The normalized spacial score (nSPS) is 14.0. The van der Waals surface area contributed by atoms with Gasteiger partial charge in [0.1, 0.15) is 0 Å². The second-order valence-corrected chi connectivity index (χ2v) is 10.8. The summed E-state index contributed by atoms with van der Waals surface area (Å²) in [5, 5.41) is 13.8. The van der Waals surface area contributed by atoms with Gasteiger partial charge in [0, 0.05) is 18.7 Å². The molecule has 4 aromatic rings. The molecule has 0 spiro atoms. The molecule has 37 heavy (non-hydrogen) atoms. The Morgan fingerprint density at radius 2 is 1.86 bits per heavy atom. The van der Waals surface area contributed by atoms with Crippen molar-refractivity contribution in [3.63, 3.8) is 0 Å². The summed E-state index contributed by atoms with van der Waals surface area (Å²) in [6, 6.07) is 12.1. The minimum Gasteiger partial charge on any atom is -0.454 e. The Morgan fingerprint density at radius 1 is 1.08 bits per heavy atom. The molecule has 0 saturated heterocycles. The van der Waals surface area contributed by atoms with Crippen LogP contribution >= 0.6 is 0 Å². The fraction of sp³-hybridized carbons (Fsp3) is 0.429. The maximum Gasteiger partial charge on any atom is 0.252 e. The van der Waals surface area contributed by atoms with Crippen molar-refractivity contribution in [2.45, 2.75) is 72.6 Å². The van der Waals surface area contributed by atoms with Gasteiger partial charge in [-0.15, -0.1) is 5.10 Å². The largest absolute Gasteiger partial charge is 0.454 e. The van der Waals surface area contributed by atoms with Crippen LogP contribution in [0, 0.1) is 13.8 Å². The van der Waals surface area contributed by atoms with E-state index in [1.807, 2.05) is 35.9 Å². The summed E-state index contributed by atoms with van der Waals surface area (Å²) < 4.78 is 13.0. The van der Waals surface area contributed by atoms with Crippen LogP contribution in [-0.2, 0) is 18.6 Å². The molecular weight excluding hydrogens is 468 g/mol. The second-order valence-electron chi connectivity index (χ2n) is 10.8. The number of benzene rings is 2. The van der Waals surface area contributed by atoms with Crippen LogP contribution in [0.2, 0.25) is 0 Å². The summed E-state index contributed by atoms with van der Waals surface area (Å²) in [7, 11) is 0. The second kappa shape index (κ2) is 9.63. The third-order valence-corrected chi connectivity index (χ3v) is 6.82. The van der Waals surface area contributed by atoms with Gasteiger partial charge in [0.25, 0.3) is 5.56 Å². The maximum absolute atomic E-state index is 13.3. The predicted molar refractivity (Wildman–Crippen MR) is 142 cm³/mol. The highest BCUT2D eigenvalue weighted by Gasteiger charge is 2.30. The minimum absolute atomic E-state index is 0.0830. The van der Waals surface area contributed by atoms with Crippen molar-refractivity contribution < 1.29 is 9.47 Å². The Kier molecular flexibility index (Phi) is 6.49. The average molecular weight is 503 g/mol. The van der Waals surface area contributed by atoms with Crippen molar-refractivity contribution in [2.75, 3.05) is 6.79 Å². The number of ether oxygens (including phenoxy) is 2. The third-order valence-electron chi connectivity index (χ3n) is 6.82.